The summed E-state index contributed by atoms with van der Waals surface area (Å²) in [4.78, 5) is 18.2. The SMILES string of the molecule is CC(C)(C)OC(=O)N1CCC(CNCc2ncc(Br)cc2Br)C1. The van der Waals surface area contributed by atoms with E-state index < -0.39 is 5.60 Å². The maximum atomic E-state index is 12.0. The number of amides is 1. The van der Waals surface area contributed by atoms with E-state index in [2.05, 4.69) is 42.2 Å². The minimum Gasteiger partial charge on any atom is -0.444 e. The van der Waals surface area contributed by atoms with Crippen LogP contribution in [0.15, 0.2) is 21.2 Å². The number of aromatic nitrogens is 1. The molecule has 2 heterocycles. The second-order valence-corrected chi connectivity index (χ2v) is 8.56. The van der Waals surface area contributed by atoms with Crippen LogP contribution in [-0.4, -0.2) is 41.2 Å². The van der Waals surface area contributed by atoms with Gasteiger partial charge in [-0.15, -0.1) is 0 Å². The summed E-state index contributed by atoms with van der Waals surface area (Å²) in [6.07, 6.45) is 2.58. The van der Waals surface area contributed by atoms with Gasteiger partial charge < -0.3 is 15.0 Å². The first-order valence-corrected chi connectivity index (χ1v) is 9.32. The number of hydrogen-bond acceptors (Lipinski definition) is 4. The summed E-state index contributed by atoms with van der Waals surface area (Å²) in [6, 6.07) is 1.99. The van der Waals surface area contributed by atoms with Crippen LogP contribution in [0.3, 0.4) is 0 Å². The molecule has 0 aliphatic carbocycles. The predicted molar refractivity (Wildman–Crippen MR) is 97.3 cm³/mol. The van der Waals surface area contributed by atoms with Gasteiger partial charge in [-0.1, -0.05) is 0 Å². The van der Waals surface area contributed by atoms with Gasteiger partial charge in [-0.3, -0.25) is 4.98 Å². The van der Waals surface area contributed by atoms with Gasteiger partial charge in [0.25, 0.3) is 0 Å². The lowest BCUT2D eigenvalue weighted by Gasteiger charge is -2.24. The van der Waals surface area contributed by atoms with Gasteiger partial charge in [0, 0.05) is 41.3 Å². The summed E-state index contributed by atoms with van der Waals surface area (Å²) in [6.45, 7) is 8.76. The molecule has 1 unspecified atom stereocenters. The van der Waals surface area contributed by atoms with Crippen molar-refractivity contribution in [3.63, 3.8) is 0 Å². The molecule has 1 N–H and O–H groups in total. The van der Waals surface area contributed by atoms with Crippen molar-refractivity contribution in [1.29, 1.82) is 0 Å². The van der Waals surface area contributed by atoms with Crippen molar-refractivity contribution < 1.29 is 9.53 Å². The van der Waals surface area contributed by atoms with Crippen molar-refractivity contribution in [3.05, 3.63) is 26.9 Å². The van der Waals surface area contributed by atoms with E-state index in [0.717, 1.165) is 40.7 Å². The third kappa shape index (κ3) is 6.04. The van der Waals surface area contributed by atoms with Crippen molar-refractivity contribution >= 4 is 38.0 Å². The molecule has 0 spiro atoms. The molecule has 128 valence electrons. The number of likely N-dealkylation sites (tertiary alicyclic amines) is 1. The molecule has 7 heteroatoms. The van der Waals surface area contributed by atoms with E-state index in [1.807, 2.05) is 26.8 Å². The summed E-state index contributed by atoms with van der Waals surface area (Å²) in [5.41, 5.74) is 0.544. The maximum Gasteiger partial charge on any atom is 0.410 e. The molecule has 0 saturated carbocycles. The van der Waals surface area contributed by atoms with E-state index in [1.165, 1.54) is 0 Å². The van der Waals surface area contributed by atoms with E-state index in [4.69, 9.17) is 4.74 Å². The molecule has 0 radical (unpaired) electrons. The number of carbonyl (C=O) groups is 1. The fourth-order valence-corrected chi connectivity index (χ4v) is 3.59. The Morgan fingerprint density at radius 2 is 2.22 bits per heavy atom. The third-order valence-electron chi connectivity index (χ3n) is 3.55. The molecular formula is C16H23Br2N3O2. The van der Waals surface area contributed by atoms with Crippen LogP contribution in [0.4, 0.5) is 4.79 Å². The lowest BCUT2D eigenvalue weighted by atomic mass is 10.1. The molecule has 1 aliphatic rings. The first-order chi connectivity index (χ1) is 10.7. The Morgan fingerprint density at radius 3 is 2.87 bits per heavy atom. The standard InChI is InChI=1S/C16H23Br2N3O2/c1-16(2,3)23-15(22)21-5-4-11(10-21)7-19-9-14-13(18)6-12(17)8-20-14/h6,8,11,19H,4-5,7,9-10H2,1-3H3. The second kappa shape index (κ2) is 7.94. The smallest absolute Gasteiger partial charge is 0.410 e. The Hall–Kier alpha value is -0.660. The number of hydrogen-bond donors (Lipinski definition) is 1. The molecule has 23 heavy (non-hydrogen) atoms. The molecule has 1 atom stereocenters. The van der Waals surface area contributed by atoms with Crippen molar-refractivity contribution in [1.82, 2.24) is 15.2 Å². The van der Waals surface area contributed by atoms with Gasteiger partial charge in [0.2, 0.25) is 0 Å². The lowest BCUT2D eigenvalue weighted by Crippen LogP contribution is -2.36. The van der Waals surface area contributed by atoms with E-state index in [9.17, 15) is 4.79 Å². The highest BCUT2D eigenvalue weighted by Crippen LogP contribution is 2.21. The van der Waals surface area contributed by atoms with E-state index >= 15 is 0 Å². The average Bonchev–Trinajstić information content (AvgIpc) is 2.88. The zero-order valence-electron chi connectivity index (χ0n) is 13.7. The fraction of sp³-hybridized carbons (Fsp3) is 0.625. The van der Waals surface area contributed by atoms with Crippen molar-refractivity contribution in [2.75, 3.05) is 19.6 Å². The van der Waals surface area contributed by atoms with Crippen molar-refractivity contribution in [3.8, 4) is 0 Å². The number of halogens is 2. The van der Waals surface area contributed by atoms with Crippen LogP contribution >= 0.6 is 31.9 Å². The Morgan fingerprint density at radius 1 is 1.48 bits per heavy atom. The van der Waals surface area contributed by atoms with Gasteiger partial charge in [0.1, 0.15) is 5.60 Å². The minimum atomic E-state index is -0.438. The van der Waals surface area contributed by atoms with Gasteiger partial charge in [0.15, 0.2) is 0 Å². The number of nitrogens with one attached hydrogen (secondary N) is 1. The van der Waals surface area contributed by atoms with Gasteiger partial charge >= 0.3 is 6.09 Å². The molecule has 5 nitrogen and oxygen atoms in total. The molecule has 1 aliphatic heterocycles. The van der Waals surface area contributed by atoms with Gasteiger partial charge in [-0.2, -0.15) is 0 Å². The highest BCUT2D eigenvalue weighted by molar-refractivity contribution is 9.11. The molecule has 1 aromatic heterocycles. The predicted octanol–water partition coefficient (Wildman–Crippen LogP) is 3.95. The van der Waals surface area contributed by atoms with E-state index in [-0.39, 0.29) is 6.09 Å². The Bertz CT molecular complexity index is 561. The average molecular weight is 449 g/mol. The number of pyridine rings is 1. The molecular weight excluding hydrogens is 426 g/mol. The maximum absolute atomic E-state index is 12.0. The first-order valence-electron chi connectivity index (χ1n) is 7.73. The molecule has 1 saturated heterocycles. The van der Waals surface area contributed by atoms with Crippen LogP contribution in [0.5, 0.6) is 0 Å². The lowest BCUT2D eigenvalue weighted by molar-refractivity contribution is 0.0288. The zero-order valence-corrected chi connectivity index (χ0v) is 16.9. The topological polar surface area (TPSA) is 54.5 Å². The fourth-order valence-electron chi connectivity index (χ4n) is 2.46. The van der Waals surface area contributed by atoms with Gasteiger partial charge in [-0.05, 0) is 71.0 Å². The summed E-state index contributed by atoms with van der Waals surface area (Å²) in [5.74, 6) is 0.455. The normalized spacial score (nSPS) is 18.3. The van der Waals surface area contributed by atoms with E-state index in [1.54, 1.807) is 11.1 Å². The molecule has 0 bridgehead atoms. The van der Waals surface area contributed by atoms with Crippen LogP contribution in [-0.2, 0) is 11.3 Å². The Labute approximate surface area is 154 Å². The van der Waals surface area contributed by atoms with E-state index in [0.29, 0.717) is 12.5 Å². The van der Waals surface area contributed by atoms with Gasteiger partial charge in [-0.25, -0.2) is 4.79 Å². The van der Waals surface area contributed by atoms with Crippen LogP contribution < -0.4 is 5.32 Å². The second-order valence-electron chi connectivity index (χ2n) is 6.79. The number of ether oxygens (including phenoxy) is 1. The summed E-state index contributed by atoms with van der Waals surface area (Å²) in [5, 5.41) is 3.43. The monoisotopic (exact) mass is 447 g/mol. The van der Waals surface area contributed by atoms with Crippen LogP contribution in [0.2, 0.25) is 0 Å². The van der Waals surface area contributed by atoms with Gasteiger partial charge in [0.05, 0.1) is 5.69 Å². The third-order valence-corrected chi connectivity index (χ3v) is 4.67. The largest absolute Gasteiger partial charge is 0.444 e. The highest BCUT2D eigenvalue weighted by atomic mass is 79.9. The highest BCUT2D eigenvalue weighted by Gasteiger charge is 2.29. The molecule has 1 amide bonds. The summed E-state index contributed by atoms with van der Waals surface area (Å²) < 4.78 is 7.36. The van der Waals surface area contributed by atoms with Crippen LogP contribution in [0.25, 0.3) is 0 Å². The van der Waals surface area contributed by atoms with Crippen LogP contribution in [0.1, 0.15) is 32.9 Å². The molecule has 0 aromatic carbocycles. The quantitative estimate of drug-likeness (QED) is 0.757. The first kappa shape index (κ1) is 18.7. The molecule has 1 fully saturated rings. The zero-order chi connectivity index (χ0) is 17.0. The molecule has 1 aromatic rings. The Balaban J connectivity index is 1.74. The van der Waals surface area contributed by atoms with Crippen molar-refractivity contribution in [2.45, 2.75) is 39.3 Å². The summed E-state index contributed by atoms with van der Waals surface area (Å²) >= 11 is 6.91. The van der Waals surface area contributed by atoms with Crippen molar-refractivity contribution in [2.24, 2.45) is 5.92 Å². The number of carbonyl (C=O) groups excluding carboxylic acids is 1. The Kier molecular flexibility index (Phi) is 6.45. The van der Waals surface area contributed by atoms with Crippen LogP contribution in [0, 0.1) is 5.92 Å². The number of nitrogens with zero attached hydrogens (tertiary/aromatic N) is 2. The summed E-state index contributed by atoms with van der Waals surface area (Å²) in [7, 11) is 0. The molecule has 2 rings (SSSR count). The number of rotatable bonds is 4. The minimum absolute atomic E-state index is 0.211.